The molecule has 60 nitrogen and oxygen atoms in total. The molecule has 0 aromatic heterocycles. The fourth-order valence-corrected chi connectivity index (χ4v) is 0. The van der Waals surface area contributed by atoms with Crippen molar-refractivity contribution in [2.45, 2.75) is 0 Å². The van der Waals surface area contributed by atoms with Crippen molar-refractivity contribution in [2.24, 2.45) is 0 Å². The molecule has 0 aromatic rings. The van der Waals surface area contributed by atoms with E-state index in [1.807, 2.05) is 0 Å². The van der Waals surface area contributed by atoms with Crippen LogP contribution < -0.4 is 0 Å². The second kappa shape index (κ2) is 14600000. The zero-order chi connectivity index (χ0) is 0. The summed E-state index contributed by atoms with van der Waals surface area (Å²) in [5.74, 6) is 0. The fourth-order valence-electron chi connectivity index (χ4n) is 0. The predicted octanol–water partition coefficient (Wildman–Crippen LogP) is -49.5. The molecule has 0 saturated carbocycles. The third kappa shape index (κ3) is 14100000. The van der Waals surface area contributed by atoms with Crippen molar-refractivity contribution in [3.63, 3.8) is 0 Å². The van der Waals surface area contributed by atoms with Gasteiger partial charge in [0.15, 0.2) is 0 Å². The zero-order valence-electron chi connectivity index (χ0n) is 31.7. The zero-order valence-corrected chi connectivity index (χ0v) is 36.9. The van der Waals surface area contributed by atoms with Crippen molar-refractivity contribution in [1.82, 2.24) is 0 Å². The molecule has 0 aliphatic carbocycles. The van der Waals surface area contributed by atoms with E-state index in [4.69, 9.17) is 0 Å². The molecular formula is H120Co5O60. The van der Waals surface area contributed by atoms with Gasteiger partial charge in [0, 0.05) is 83.9 Å². The molecule has 120 N–H and O–H groups in total. The minimum absolute atomic E-state index is 0. The molecule has 65 heteroatoms. The molecule has 0 aliphatic heterocycles. The molecule has 0 saturated heterocycles. The van der Waals surface area contributed by atoms with E-state index in [0.29, 0.717) is 0 Å². The van der Waals surface area contributed by atoms with E-state index in [1.165, 1.54) is 0 Å². The Morgan fingerprint density at radius 3 is 0.0308 bits per heavy atom. The summed E-state index contributed by atoms with van der Waals surface area (Å²) in [5.41, 5.74) is 0. The van der Waals surface area contributed by atoms with Gasteiger partial charge in [-0.05, 0) is 0 Å². The van der Waals surface area contributed by atoms with Gasteiger partial charge >= 0.3 is 0 Å². The smallest absolute Gasteiger partial charge is 0 e. The molecule has 0 unspecified atom stereocenters. The Kier molecular flexibility index (Phi) is 3420000000000. The molecule has 0 rings (SSSR count). The van der Waals surface area contributed by atoms with Crippen LogP contribution in [0.3, 0.4) is 0 Å². The first-order valence-corrected chi connectivity index (χ1v) is 0. The summed E-state index contributed by atoms with van der Waals surface area (Å²) in [6, 6.07) is 0. The molecule has 0 aromatic carbocycles. The van der Waals surface area contributed by atoms with Gasteiger partial charge in [-0.2, -0.15) is 0 Å². The predicted molar refractivity (Wildman–Crippen MR) is 217 cm³/mol. The van der Waals surface area contributed by atoms with Crippen LogP contribution in [0.4, 0.5) is 0 Å². The Hall–Kier alpha value is 0.132. The Morgan fingerprint density at radius 1 is 0.0308 bits per heavy atom. The van der Waals surface area contributed by atoms with Gasteiger partial charge < -0.3 is 329 Å². The third-order valence-electron chi connectivity index (χ3n) is 0. The third-order valence-corrected chi connectivity index (χ3v) is 0. The van der Waals surface area contributed by atoms with Gasteiger partial charge in [-0.25, -0.2) is 0 Å². The van der Waals surface area contributed by atoms with E-state index in [9.17, 15) is 0 Å². The molecule has 0 spiro atoms. The van der Waals surface area contributed by atoms with Gasteiger partial charge in [-0.15, -0.1) is 0 Å². The average molecular weight is 1380 g/mol. The Morgan fingerprint density at radius 2 is 0.0308 bits per heavy atom. The van der Waals surface area contributed by atoms with Crippen LogP contribution in [-0.4, -0.2) is 329 Å². The number of hydrogen-bond donors (Lipinski definition) is 0. The summed E-state index contributed by atoms with van der Waals surface area (Å²) >= 11 is 0. The Labute approximate surface area is 412 Å². The first kappa shape index (κ1) is 15300000. The van der Waals surface area contributed by atoms with E-state index < -0.39 is 0 Å². The van der Waals surface area contributed by atoms with Gasteiger partial charge in [0.2, 0.25) is 0 Å². The van der Waals surface area contributed by atoms with Crippen molar-refractivity contribution in [3.05, 3.63) is 0 Å². The molecule has 0 atom stereocenters. The van der Waals surface area contributed by atoms with E-state index in [-0.39, 0.29) is 412 Å². The van der Waals surface area contributed by atoms with Crippen LogP contribution in [0.1, 0.15) is 0 Å². The van der Waals surface area contributed by atoms with Gasteiger partial charge in [0.25, 0.3) is 0 Å². The quantitative estimate of drug-likeness (QED) is 0.218. The van der Waals surface area contributed by atoms with Crippen molar-refractivity contribution in [3.8, 4) is 0 Å². The topological polar surface area (TPSA) is 1890 Å². The Balaban J connectivity index is 0. The molecule has 5 radical (unpaired) electrons. The summed E-state index contributed by atoms with van der Waals surface area (Å²) in [6.07, 6.45) is 0. The molecule has 0 heterocycles. The average Bonchev–Trinajstić information content (AvgIpc) is 0. The van der Waals surface area contributed by atoms with Gasteiger partial charge in [-0.1, -0.05) is 0 Å². The summed E-state index contributed by atoms with van der Waals surface area (Å²) in [7, 11) is 0. The van der Waals surface area contributed by atoms with Crippen LogP contribution in [0.2, 0.25) is 0 Å². The maximum Gasteiger partial charge on any atom is 0 e. The number of rotatable bonds is 0. The van der Waals surface area contributed by atoms with E-state index >= 15 is 0 Å². The first-order chi connectivity index (χ1) is 0. The van der Waals surface area contributed by atoms with Crippen molar-refractivity contribution < 1.29 is 412 Å². The SMILES string of the molecule is O.O.O.O.O.O.O.O.O.O.O.O.O.O.O.O.O.O.O.O.O.O.O.O.O.O.O.O.O.O.O.O.O.O.O.O.O.O.O.O.O.O.O.O.O.O.O.O.O.O.O.O.O.O.O.O.O.O.O.O.[Co].[Co].[Co].[Co].[Co]. The van der Waals surface area contributed by atoms with E-state index in [1.54, 1.807) is 0 Å². The largest absolute Gasteiger partial charge is 0.412 e. The number of hydrogen-bond acceptors (Lipinski definition) is 0. The summed E-state index contributed by atoms with van der Waals surface area (Å²) in [4.78, 5) is 0. The molecule has 525 valence electrons. The monoisotopic (exact) mass is 1380 g/mol. The van der Waals surface area contributed by atoms with Crippen LogP contribution in [0.15, 0.2) is 0 Å². The molecule has 0 aliphatic rings. The van der Waals surface area contributed by atoms with Gasteiger partial charge in [0.1, 0.15) is 0 Å². The van der Waals surface area contributed by atoms with Crippen LogP contribution in [0.25, 0.3) is 0 Å². The molecule has 0 fully saturated rings. The van der Waals surface area contributed by atoms with Crippen molar-refractivity contribution in [1.29, 1.82) is 0 Å². The van der Waals surface area contributed by atoms with Crippen LogP contribution >= 0.6 is 0 Å². The minimum atomic E-state index is 0. The van der Waals surface area contributed by atoms with Crippen LogP contribution in [0.5, 0.6) is 0 Å². The van der Waals surface area contributed by atoms with E-state index in [2.05, 4.69) is 0 Å². The molecule has 0 bridgehead atoms. The fraction of sp³-hybridized carbons (Fsp3) is 0. The van der Waals surface area contributed by atoms with Crippen molar-refractivity contribution >= 4 is 0 Å². The maximum atomic E-state index is 0. The maximum absolute atomic E-state index is 0. The molecular weight excluding hydrogens is 1250 g/mol. The normalized spacial score (nSPS) is 0. The van der Waals surface area contributed by atoms with Gasteiger partial charge in [-0.3, -0.25) is 0 Å². The molecule has 0 amide bonds. The molecule has 65 heavy (non-hydrogen) atoms. The summed E-state index contributed by atoms with van der Waals surface area (Å²) < 4.78 is 0. The minimum Gasteiger partial charge on any atom is -0.412 e. The summed E-state index contributed by atoms with van der Waals surface area (Å²) in [5, 5.41) is 0. The first-order valence-electron chi connectivity index (χ1n) is 0. The second-order valence-electron chi connectivity index (χ2n) is 0. The van der Waals surface area contributed by atoms with Gasteiger partial charge in [0.05, 0.1) is 0 Å². The van der Waals surface area contributed by atoms with E-state index in [0.717, 1.165) is 0 Å². The standard InChI is InChI=1S/5Co.60H2O/h;;;;;60*1H2. The van der Waals surface area contributed by atoms with Crippen LogP contribution in [0, 0.1) is 0 Å². The van der Waals surface area contributed by atoms with Crippen molar-refractivity contribution in [2.75, 3.05) is 0 Å². The Bertz CT molecular complexity index is 25.4. The summed E-state index contributed by atoms with van der Waals surface area (Å²) in [6.45, 7) is 0. The second-order valence-corrected chi connectivity index (χ2v) is 0. The van der Waals surface area contributed by atoms with Crippen LogP contribution in [-0.2, 0) is 83.9 Å².